The van der Waals surface area contributed by atoms with Crippen LogP contribution in [0, 0.1) is 6.92 Å². The highest BCUT2D eigenvalue weighted by atomic mass is 35.5. The summed E-state index contributed by atoms with van der Waals surface area (Å²) in [6.07, 6.45) is 1.54. The first-order valence-corrected chi connectivity index (χ1v) is 5.75. The molecule has 0 amide bonds. The van der Waals surface area contributed by atoms with Gasteiger partial charge < -0.3 is 0 Å². The van der Waals surface area contributed by atoms with Gasteiger partial charge in [0.25, 0.3) is 0 Å². The minimum absolute atomic E-state index is 0.164. The largest absolute Gasteiger partial charge is 0.288 e. The van der Waals surface area contributed by atoms with Crippen LogP contribution < -0.4 is 0 Å². The van der Waals surface area contributed by atoms with E-state index in [1.165, 1.54) is 6.20 Å². The molecule has 0 saturated carbocycles. The summed E-state index contributed by atoms with van der Waals surface area (Å²) < 4.78 is 1.64. The fourth-order valence-electron chi connectivity index (χ4n) is 1.55. The SMILES string of the molecule is Cc1c(C(=O)c2cccc(Cl)c2Cl)cnn1C. The van der Waals surface area contributed by atoms with E-state index in [1.807, 2.05) is 6.92 Å². The molecule has 17 heavy (non-hydrogen) atoms. The van der Waals surface area contributed by atoms with Crippen molar-refractivity contribution in [3.8, 4) is 0 Å². The maximum atomic E-state index is 12.3. The third-order valence-electron chi connectivity index (χ3n) is 2.68. The molecule has 0 aliphatic rings. The number of aryl methyl sites for hydroxylation is 1. The van der Waals surface area contributed by atoms with Crippen LogP contribution in [-0.2, 0) is 7.05 Å². The van der Waals surface area contributed by atoms with Crippen LogP contribution >= 0.6 is 23.2 Å². The van der Waals surface area contributed by atoms with E-state index in [0.717, 1.165) is 5.69 Å². The van der Waals surface area contributed by atoms with Crippen molar-refractivity contribution in [1.29, 1.82) is 0 Å². The highest BCUT2D eigenvalue weighted by Crippen LogP contribution is 2.27. The molecule has 0 N–H and O–H groups in total. The number of hydrogen-bond donors (Lipinski definition) is 0. The van der Waals surface area contributed by atoms with E-state index in [4.69, 9.17) is 23.2 Å². The summed E-state index contributed by atoms with van der Waals surface area (Å²) in [5.41, 5.74) is 1.73. The molecular formula is C12H10Cl2N2O. The Balaban J connectivity index is 2.51. The molecule has 3 nitrogen and oxygen atoms in total. The lowest BCUT2D eigenvalue weighted by Crippen LogP contribution is -2.04. The van der Waals surface area contributed by atoms with Crippen molar-refractivity contribution in [2.24, 2.45) is 7.05 Å². The molecule has 0 unspecified atom stereocenters. The van der Waals surface area contributed by atoms with Crippen molar-refractivity contribution in [3.63, 3.8) is 0 Å². The fraction of sp³-hybridized carbons (Fsp3) is 0.167. The summed E-state index contributed by atoms with van der Waals surface area (Å²) in [6.45, 7) is 1.83. The first kappa shape index (κ1) is 12.1. The lowest BCUT2D eigenvalue weighted by Gasteiger charge is -2.04. The van der Waals surface area contributed by atoms with Crippen LogP contribution in [0.4, 0.5) is 0 Å². The number of halogens is 2. The van der Waals surface area contributed by atoms with Crippen LogP contribution in [0.3, 0.4) is 0 Å². The quantitative estimate of drug-likeness (QED) is 0.784. The second-order valence-electron chi connectivity index (χ2n) is 3.70. The van der Waals surface area contributed by atoms with Crippen LogP contribution in [-0.4, -0.2) is 15.6 Å². The number of hydrogen-bond acceptors (Lipinski definition) is 2. The molecule has 1 aromatic heterocycles. The van der Waals surface area contributed by atoms with Gasteiger partial charge in [-0.2, -0.15) is 5.10 Å². The molecule has 0 spiro atoms. The average molecular weight is 269 g/mol. The molecule has 0 atom stereocenters. The topological polar surface area (TPSA) is 34.9 Å². The molecule has 0 aliphatic heterocycles. The lowest BCUT2D eigenvalue weighted by atomic mass is 10.0. The van der Waals surface area contributed by atoms with Gasteiger partial charge in [-0.05, 0) is 19.1 Å². The maximum Gasteiger partial charge on any atom is 0.198 e. The molecule has 1 aromatic carbocycles. The Bertz CT molecular complexity index is 590. The Labute approximate surface area is 109 Å². The highest BCUT2D eigenvalue weighted by Gasteiger charge is 2.18. The Morgan fingerprint density at radius 1 is 1.29 bits per heavy atom. The number of carbonyl (C=O) groups is 1. The van der Waals surface area contributed by atoms with Gasteiger partial charge in [0.1, 0.15) is 0 Å². The Morgan fingerprint density at radius 3 is 2.59 bits per heavy atom. The Morgan fingerprint density at radius 2 is 2.00 bits per heavy atom. The predicted molar refractivity (Wildman–Crippen MR) is 67.8 cm³/mol. The summed E-state index contributed by atoms with van der Waals surface area (Å²) in [5.74, 6) is -0.164. The number of ketones is 1. The van der Waals surface area contributed by atoms with Crippen molar-refractivity contribution in [1.82, 2.24) is 9.78 Å². The number of aromatic nitrogens is 2. The van der Waals surface area contributed by atoms with Gasteiger partial charge in [-0.1, -0.05) is 29.3 Å². The molecule has 2 rings (SSSR count). The van der Waals surface area contributed by atoms with Crippen LogP contribution in [0.2, 0.25) is 10.0 Å². The molecule has 1 heterocycles. The normalized spacial score (nSPS) is 10.6. The lowest BCUT2D eigenvalue weighted by molar-refractivity contribution is 0.103. The van der Waals surface area contributed by atoms with E-state index in [0.29, 0.717) is 16.1 Å². The van der Waals surface area contributed by atoms with Gasteiger partial charge in [0.15, 0.2) is 5.78 Å². The van der Waals surface area contributed by atoms with E-state index in [2.05, 4.69) is 5.10 Å². The molecule has 2 aromatic rings. The van der Waals surface area contributed by atoms with Crippen LogP contribution in [0.25, 0.3) is 0 Å². The van der Waals surface area contributed by atoms with Gasteiger partial charge in [0.05, 0.1) is 21.8 Å². The number of benzene rings is 1. The third kappa shape index (κ3) is 2.08. The standard InChI is InChI=1S/C12H10Cl2N2O/c1-7-9(6-15-16(7)2)12(17)8-4-3-5-10(13)11(8)14/h3-6H,1-2H3. The molecule has 0 radical (unpaired) electrons. The molecule has 0 saturated heterocycles. The zero-order valence-electron chi connectivity index (χ0n) is 9.37. The number of nitrogens with zero attached hydrogens (tertiary/aromatic N) is 2. The predicted octanol–water partition coefficient (Wildman–Crippen LogP) is 3.27. The molecule has 88 valence electrons. The van der Waals surface area contributed by atoms with Crippen molar-refractivity contribution in [3.05, 3.63) is 51.3 Å². The molecular weight excluding hydrogens is 259 g/mol. The van der Waals surface area contributed by atoms with Crippen molar-refractivity contribution >= 4 is 29.0 Å². The molecule has 0 bridgehead atoms. The van der Waals surface area contributed by atoms with Crippen LogP contribution in [0.1, 0.15) is 21.6 Å². The summed E-state index contributed by atoms with van der Waals surface area (Å²) >= 11 is 11.9. The zero-order chi connectivity index (χ0) is 12.6. The second kappa shape index (κ2) is 4.51. The third-order valence-corrected chi connectivity index (χ3v) is 3.49. The number of carbonyl (C=O) groups excluding carboxylic acids is 1. The van der Waals surface area contributed by atoms with Crippen molar-refractivity contribution < 1.29 is 4.79 Å². The van der Waals surface area contributed by atoms with Gasteiger partial charge in [0.2, 0.25) is 0 Å². The first-order valence-electron chi connectivity index (χ1n) is 4.99. The molecule has 0 aliphatic carbocycles. The minimum atomic E-state index is -0.164. The molecule has 0 fully saturated rings. The summed E-state index contributed by atoms with van der Waals surface area (Å²) in [4.78, 5) is 12.3. The van der Waals surface area contributed by atoms with Gasteiger partial charge >= 0.3 is 0 Å². The summed E-state index contributed by atoms with van der Waals surface area (Å²) in [6, 6.07) is 5.01. The highest BCUT2D eigenvalue weighted by molar-refractivity contribution is 6.44. The van der Waals surface area contributed by atoms with Gasteiger partial charge in [0, 0.05) is 18.3 Å². The monoisotopic (exact) mass is 268 g/mol. The maximum absolute atomic E-state index is 12.3. The number of rotatable bonds is 2. The van der Waals surface area contributed by atoms with Crippen molar-refractivity contribution in [2.75, 3.05) is 0 Å². The Kier molecular flexibility index (Phi) is 3.22. The molecule has 5 heteroatoms. The van der Waals surface area contributed by atoms with Crippen LogP contribution in [0.15, 0.2) is 24.4 Å². The average Bonchev–Trinajstić information content (AvgIpc) is 2.63. The van der Waals surface area contributed by atoms with Gasteiger partial charge in [-0.3, -0.25) is 9.48 Å². The minimum Gasteiger partial charge on any atom is -0.288 e. The Hall–Kier alpha value is -1.32. The van der Waals surface area contributed by atoms with Gasteiger partial charge in [-0.25, -0.2) is 0 Å². The smallest absolute Gasteiger partial charge is 0.198 e. The van der Waals surface area contributed by atoms with E-state index >= 15 is 0 Å². The van der Waals surface area contributed by atoms with E-state index < -0.39 is 0 Å². The van der Waals surface area contributed by atoms with E-state index in [-0.39, 0.29) is 10.8 Å². The van der Waals surface area contributed by atoms with E-state index in [1.54, 1.807) is 29.9 Å². The van der Waals surface area contributed by atoms with E-state index in [9.17, 15) is 4.79 Å². The fourth-order valence-corrected chi connectivity index (χ4v) is 1.93. The second-order valence-corrected chi connectivity index (χ2v) is 4.48. The summed E-state index contributed by atoms with van der Waals surface area (Å²) in [5, 5.41) is 4.69. The summed E-state index contributed by atoms with van der Waals surface area (Å²) in [7, 11) is 1.78. The first-order chi connectivity index (χ1) is 8.02. The zero-order valence-corrected chi connectivity index (χ0v) is 10.9. The van der Waals surface area contributed by atoms with Crippen LogP contribution in [0.5, 0.6) is 0 Å². The van der Waals surface area contributed by atoms with Crippen molar-refractivity contribution in [2.45, 2.75) is 6.92 Å². The van der Waals surface area contributed by atoms with Gasteiger partial charge in [-0.15, -0.1) is 0 Å².